The zero-order valence-electron chi connectivity index (χ0n) is 6.87. The van der Waals surface area contributed by atoms with Gasteiger partial charge in [-0.2, -0.15) is 0 Å². The van der Waals surface area contributed by atoms with E-state index in [4.69, 9.17) is 5.73 Å². The summed E-state index contributed by atoms with van der Waals surface area (Å²) in [6.45, 7) is 1.78. The number of hydrogen-bond donors (Lipinski definition) is 2. The van der Waals surface area contributed by atoms with Gasteiger partial charge in [-0.05, 0) is 13.3 Å². The summed E-state index contributed by atoms with van der Waals surface area (Å²) in [5.41, 5.74) is 5.53. The van der Waals surface area contributed by atoms with Crippen molar-refractivity contribution in [2.45, 2.75) is 25.8 Å². The first kappa shape index (κ1) is 11.4. The molecular formula is C7H13ClN2O2. The lowest BCUT2D eigenvalue weighted by Gasteiger charge is -2.23. The molecule has 0 aromatic heterocycles. The van der Waals surface area contributed by atoms with Crippen molar-refractivity contribution in [3.63, 3.8) is 0 Å². The molecule has 0 aromatic rings. The van der Waals surface area contributed by atoms with E-state index in [0.717, 1.165) is 0 Å². The third-order valence-electron chi connectivity index (χ3n) is 1.92. The predicted octanol–water partition coefficient (Wildman–Crippen LogP) is -0.192. The Bertz CT molecular complexity index is 194. The predicted molar refractivity (Wildman–Crippen MR) is 46.8 cm³/mol. The number of carbonyl (C=O) groups excluding carboxylic acids is 2. The van der Waals surface area contributed by atoms with E-state index < -0.39 is 0 Å². The molecule has 1 aliphatic rings. The molecule has 0 aromatic carbocycles. The SMILES string of the molecule is CC(N)C1CCC(=O)NC1=O.Cl. The molecule has 0 radical (unpaired) electrons. The fraction of sp³-hybridized carbons (Fsp3) is 0.714. The van der Waals surface area contributed by atoms with Crippen LogP contribution in [0.25, 0.3) is 0 Å². The average Bonchev–Trinajstić information content (AvgIpc) is 1.85. The summed E-state index contributed by atoms with van der Waals surface area (Å²) < 4.78 is 0. The summed E-state index contributed by atoms with van der Waals surface area (Å²) in [4.78, 5) is 21.7. The van der Waals surface area contributed by atoms with Gasteiger partial charge in [0.25, 0.3) is 0 Å². The fourth-order valence-electron chi connectivity index (χ4n) is 1.21. The number of piperidine rings is 1. The number of rotatable bonds is 1. The minimum atomic E-state index is -0.226. The molecule has 1 rings (SSSR count). The first-order chi connectivity index (χ1) is 5.11. The van der Waals surface area contributed by atoms with Gasteiger partial charge in [0.05, 0.1) is 5.92 Å². The van der Waals surface area contributed by atoms with Crippen molar-refractivity contribution in [2.24, 2.45) is 11.7 Å². The lowest BCUT2D eigenvalue weighted by molar-refractivity contribution is -0.136. The number of nitrogens with one attached hydrogen (secondary N) is 1. The van der Waals surface area contributed by atoms with Gasteiger partial charge >= 0.3 is 0 Å². The highest BCUT2D eigenvalue weighted by Crippen LogP contribution is 2.14. The highest BCUT2D eigenvalue weighted by atomic mass is 35.5. The second kappa shape index (κ2) is 4.42. The number of carbonyl (C=O) groups is 2. The van der Waals surface area contributed by atoms with Gasteiger partial charge in [0.2, 0.25) is 11.8 Å². The van der Waals surface area contributed by atoms with E-state index in [1.165, 1.54) is 0 Å². The Morgan fingerprint density at radius 3 is 2.58 bits per heavy atom. The molecule has 0 aliphatic carbocycles. The van der Waals surface area contributed by atoms with Gasteiger partial charge in [0, 0.05) is 12.5 Å². The Morgan fingerprint density at radius 1 is 1.58 bits per heavy atom. The zero-order valence-corrected chi connectivity index (χ0v) is 7.69. The number of imide groups is 1. The van der Waals surface area contributed by atoms with Crippen molar-refractivity contribution in [3.05, 3.63) is 0 Å². The molecule has 1 aliphatic heterocycles. The van der Waals surface area contributed by atoms with Gasteiger partial charge in [-0.15, -0.1) is 12.4 Å². The average molecular weight is 193 g/mol. The van der Waals surface area contributed by atoms with Crippen LogP contribution in [0.3, 0.4) is 0 Å². The molecule has 0 bridgehead atoms. The molecule has 1 fully saturated rings. The third-order valence-corrected chi connectivity index (χ3v) is 1.92. The number of halogens is 1. The first-order valence-corrected chi connectivity index (χ1v) is 3.70. The third kappa shape index (κ3) is 2.46. The summed E-state index contributed by atoms with van der Waals surface area (Å²) in [5, 5.41) is 2.25. The van der Waals surface area contributed by atoms with E-state index in [-0.39, 0.29) is 36.2 Å². The second-order valence-corrected chi connectivity index (χ2v) is 2.92. The maximum absolute atomic E-state index is 11.0. The summed E-state index contributed by atoms with van der Waals surface area (Å²) >= 11 is 0. The van der Waals surface area contributed by atoms with Gasteiger partial charge in [-0.3, -0.25) is 14.9 Å². The molecule has 2 amide bonds. The Kier molecular flexibility index (Phi) is 4.20. The largest absolute Gasteiger partial charge is 0.327 e. The molecule has 12 heavy (non-hydrogen) atoms. The molecule has 70 valence electrons. The van der Waals surface area contributed by atoms with Crippen LogP contribution in [-0.2, 0) is 9.59 Å². The maximum atomic E-state index is 11.0. The smallest absolute Gasteiger partial charge is 0.231 e. The van der Waals surface area contributed by atoms with Crippen molar-refractivity contribution in [1.82, 2.24) is 5.32 Å². The Labute approximate surface area is 77.3 Å². The molecule has 2 unspecified atom stereocenters. The minimum absolute atomic E-state index is 0. The second-order valence-electron chi connectivity index (χ2n) is 2.92. The Balaban J connectivity index is 0.00000121. The van der Waals surface area contributed by atoms with E-state index in [1.54, 1.807) is 6.92 Å². The van der Waals surface area contributed by atoms with Crippen molar-refractivity contribution in [3.8, 4) is 0 Å². The number of nitrogens with two attached hydrogens (primary N) is 1. The van der Waals surface area contributed by atoms with Gasteiger partial charge in [-0.1, -0.05) is 0 Å². The van der Waals surface area contributed by atoms with Crippen LogP contribution in [0.4, 0.5) is 0 Å². The minimum Gasteiger partial charge on any atom is -0.327 e. The van der Waals surface area contributed by atoms with Crippen LogP contribution in [0.2, 0.25) is 0 Å². The molecule has 0 spiro atoms. The topological polar surface area (TPSA) is 72.2 Å². The van der Waals surface area contributed by atoms with E-state index in [1.807, 2.05) is 0 Å². The van der Waals surface area contributed by atoms with Crippen molar-refractivity contribution < 1.29 is 9.59 Å². The summed E-state index contributed by atoms with van der Waals surface area (Å²) in [6, 6.07) is -0.164. The van der Waals surface area contributed by atoms with Crippen LogP contribution in [-0.4, -0.2) is 17.9 Å². The van der Waals surface area contributed by atoms with E-state index >= 15 is 0 Å². The highest BCUT2D eigenvalue weighted by Gasteiger charge is 2.28. The van der Waals surface area contributed by atoms with Crippen LogP contribution >= 0.6 is 12.4 Å². The first-order valence-electron chi connectivity index (χ1n) is 3.70. The van der Waals surface area contributed by atoms with Crippen molar-refractivity contribution >= 4 is 24.2 Å². The van der Waals surface area contributed by atoms with Crippen molar-refractivity contribution in [1.29, 1.82) is 0 Å². The fourth-order valence-corrected chi connectivity index (χ4v) is 1.21. The van der Waals surface area contributed by atoms with E-state index in [2.05, 4.69) is 5.32 Å². The molecule has 3 N–H and O–H groups in total. The van der Waals surface area contributed by atoms with Crippen molar-refractivity contribution in [2.75, 3.05) is 0 Å². The quantitative estimate of drug-likeness (QED) is 0.566. The van der Waals surface area contributed by atoms with E-state index in [9.17, 15) is 9.59 Å². The maximum Gasteiger partial charge on any atom is 0.231 e. The Hall–Kier alpha value is -0.610. The number of amides is 2. The number of hydrogen-bond acceptors (Lipinski definition) is 3. The Morgan fingerprint density at radius 2 is 2.17 bits per heavy atom. The molecule has 1 saturated heterocycles. The molecular weight excluding hydrogens is 180 g/mol. The molecule has 0 saturated carbocycles. The highest BCUT2D eigenvalue weighted by molar-refractivity contribution is 5.98. The van der Waals surface area contributed by atoms with Gasteiger partial charge in [-0.25, -0.2) is 0 Å². The van der Waals surface area contributed by atoms with Crippen LogP contribution < -0.4 is 11.1 Å². The van der Waals surface area contributed by atoms with Crippen LogP contribution in [0.15, 0.2) is 0 Å². The lowest BCUT2D eigenvalue weighted by Crippen LogP contribution is -2.46. The van der Waals surface area contributed by atoms with Gasteiger partial charge < -0.3 is 5.73 Å². The van der Waals surface area contributed by atoms with Crippen LogP contribution in [0, 0.1) is 5.92 Å². The van der Waals surface area contributed by atoms with Gasteiger partial charge in [0.15, 0.2) is 0 Å². The lowest BCUT2D eigenvalue weighted by atomic mass is 9.92. The van der Waals surface area contributed by atoms with Crippen LogP contribution in [0.5, 0.6) is 0 Å². The molecule has 2 atom stereocenters. The summed E-state index contributed by atoms with van der Waals surface area (Å²) in [6.07, 6.45) is 1.00. The summed E-state index contributed by atoms with van der Waals surface area (Å²) in [5.74, 6) is -0.601. The normalized spacial score (nSPS) is 25.7. The standard InChI is InChI=1S/C7H12N2O2.ClH/c1-4(8)5-2-3-6(10)9-7(5)11;/h4-5H,2-3,8H2,1H3,(H,9,10,11);1H. The molecule has 5 heteroatoms. The molecule has 1 heterocycles. The zero-order chi connectivity index (χ0) is 8.43. The molecule has 4 nitrogen and oxygen atoms in total. The van der Waals surface area contributed by atoms with E-state index in [0.29, 0.717) is 12.8 Å². The van der Waals surface area contributed by atoms with Gasteiger partial charge in [0.1, 0.15) is 0 Å². The van der Waals surface area contributed by atoms with Crippen LogP contribution in [0.1, 0.15) is 19.8 Å². The summed E-state index contributed by atoms with van der Waals surface area (Å²) in [7, 11) is 0. The monoisotopic (exact) mass is 192 g/mol.